The van der Waals surface area contributed by atoms with Crippen molar-refractivity contribution in [3.8, 4) is 5.82 Å². The number of nitrogens with one attached hydrogen (secondary N) is 1. The van der Waals surface area contributed by atoms with E-state index >= 15 is 0 Å². The zero-order valence-electron chi connectivity index (χ0n) is 15.5. The molecule has 2 heterocycles. The third kappa shape index (κ3) is 2.98. The van der Waals surface area contributed by atoms with E-state index in [0.29, 0.717) is 17.1 Å². The van der Waals surface area contributed by atoms with Crippen LogP contribution < -0.4 is 5.56 Å². The second kappa shape index (κ2) is 6.24. The van der Waals surface area contributed by atoms with Crippen molar-refractivity contribution in [2.45, 2.75) is 51.4 Å². The van der Waals surface area contributed by atoms with Gasteiger partial charge in [-0.05, 0) is 48.3 Å². The summed E-state index contributed by atoms with van der Waals surface area (Å²) in [6, 6.07) is 10.5. The van der Waals surface area contributed by atoms with Crippen LogP contribution in [0.2, 0.25) is 0 Å². The summed E-state index contributed by atoms with van der Waals surface area (Å²) < 4.78 is 1.67. The summed E-state index contributed by atoms with van der Waals surface area (Å²) >= 11 is 0. The Balaban J connectivity index is 1.58. The quantitative estimate of drug-likeness (QED) is 0.761. The van der Waals surface area contributed by atoms with Gasteiger partial charge in [0.2, 0.25) is 0 Å². The molecule has 5 nitrogen and oxygen atoms in total. The van der Waals surface area contributed by atoms with E-state index < -0.39 is 0 Å². The maximum atomic E-state index is 11.7. The molecule has 1 fully saturated rings. The third-order valence-electron chi connectivity index (χ3n) is 5.74. The Labute approximate surface area is 153 Å². The average molecular weight is 348 g/mol. The van der Waals surface area contributed by atoms with Crippen LogP contribution in [0.4, 0.5) is 0 Å². The van der Waals surface area contributed by atoms with E-state index in [1.54, 1.807) is 11.6 Å². The normalized spacial score (nSPS) is 16.4. The number of H-pyrrole nitrogens is 1. The number of hydrogen-bond donors (Lipinski definition) is 1. The van der Waals surface area contributed by atoms with E-state index in [4.69, 9.17) is 0 Å². The smallest absolute Gasteiger partial charge is 0.253 e. The summed E-state index contributed by atoms with van der Waals surface area (Å²) in [6.45, 7) is 6.23. The number of aromatic amines is 1. The largest absolute Gasteiger partial charge is 0.311 e. The predicted octanol–water partition coefficient (Wildman–Crippen LogP) is 3.86. The highest BCUT2D eigenvalue weighted by atomic mass is 16.1. The van der Waals surface area contributed by atoms with E-state index in [0.717, 1.165) is 5.56 Å². The molecule has 0 bridgehead atoms. The molecule has 0 saturated heterocycles. The van der Waals surface area contributed by atoms with Gasteiger partial charge in [-0.15, -0.1) is 0 Å². The topological polar surface area (TPSA) is 63.6 Å². The molecule has 26 heavy (non-hydrogen) atoms. The molecule has 1 unspecified atom stereocenters. The summed E-state index contributed by atoms with van der Waals surface area (Å²) in [5, 5.41) is 4.40. The zero-order valence-corrected chi connectivity index (χ0v) is 15.5. The summed E-state index contributed by atoms with van der Waals surface area (Å²) in [4.78, 5) is 18.7. The van der Waals surface area contributed by atoms with Crippen LogP contribution in [-0.2, 0) is 5.41 Å². The molecule has 0 radical (unpaired) electrons. The van der Waals surface area contributed by atoms with Crippen LogP contribution in [0.5, 0.6) is 0 Å². The Kier molecular flexibility index (Phi) is 4.02. The fraction of sp³-hybridized carbons (Fsp3) is 0.381. The van der Waals surface area contributed by atoms with Gasteiger partial charge < -0.3 is 4.98 Å². The van der Waals surface area contributed by atoms with Gasteiger partial charge in [0.05, 0.1) is 6.20 Å². The minimum absolute atomic E-state index is 0.168. The Hall–Kier alpha value is -2.69. The van der Waals surface area contributed by atoms with Gasteiger partial charge in [0.15, 0.2) is 5.82 Å². The minimum Gasteiger partial charge on any atom is -0.311 e. The predicted molar refractivity (Wildman–Crippen MR) is 102 cm³/mol. The van der Waals surface area contributed by atoms with Crippen LogP contribution in [0.25, 0.3) is 5.82 Å². The molecule has 134 valence electrons. The Morgan fingerprint density at radius 1 is 1.23 bits per heavy atom. The molecule has 1 N–H and O–H groups in total. The van der Waals surface area contributed by atoms with E-state index in [-0.39, 0.29) is 11.5 Å². The number of hydrogen-bond acceptors (Lipinski definition) is 3. The number of benzene rings is 1. The third-order valence-corrected chi connectivity index (χ3v) is 5.74. The van der Waals surface area contributed by atoms with Gasteiger partial charge in [0.1, 0.15) is 5.82 Å². The highest BCUT2D eigenvalue weighted by molar-refractivity contribution is 5.37. The summed E-state index contributed by atoms with van der Waals surface area (Å²) in [7, 11) is 0. The van der Waals surface area contributed by atoms with Crippen LogP contribution in [0.3, 0.4) is 0 Å². The van der Waals surface area contributed by atoms with Crippen molar-refractivity contribution in [3.05, 3.63) is 75.6 Å². The lowest BCUT2D eigenvalue weighted by atomic mass is 9.89. The number of aryl methyl sites for hydroxylation is 1. The molecule has 1 saturated carbocycles. The molecule has 0 aliphatic heterocycles. The van der Waals surface area contributed by atoms with Gasteiger partial charge >= 0.3 is 0 Å². The van der Waals surface area contributed by atoms with Gasteiger partial charge in [-0.25, -0.2) is 9.67 Å². The molecule has 1 atom stereocenters. The summed E-state index contributed by atoms with van der Waals surface area (Å²) in [5.41, 5.74) is 4.12. The molecular formula is C21H24N4O. The second-order valence-electron chi connectivity index (χ2n) is 7.38. The molecule has 4 rings (SSSR count). The first kappa shape index (κ1) is 16.8. The van der Waals surface area contributed by atoms with Crippen LogP contribution in [0, 0.1) is 6.92 Å². The van der Waals surface area contributed by atoms with Gasteiger partial charge in [0, 0.05) is 18.2 Å². The standard InChI is InChI=1S/C21H24N4O/c1-4-21(9-10-21)18-7-5-16(6-8-18)14(2)17-12-22-25(13-17)19-11-20(26)24-15(3)23-19/h5-8,11-14H,4,9-10H2,1-3H3,(H,23,24,26). The maximum absolute atomic E-state index is 11.7. The average Bonchev–Trinajstić information content (AvgIpc) is 3.28. The van der Waals surface area contributed by atoms with E-state index in [1.807, 2.05) is 12.4 Å². The van der Waals surface area contributed by atoms with Crippen molar-refractivity contribution >= 4 is 0 Å². The summed E-state index contributed by atoms with van der Waals surface area (Å²) in [5.74, 6) is 1.36. The van der Waals surface area contributed by atoms with Gasteiger partial charge in [-0.3, -0.25) is 4.79 Å². The van der Waals surface area contributed by atoms with Crippen molar-refractivity contribution in [1.29, 1.82) is 0 Å². The van der Waals surface area contributed by atoms with Crippen molar-refractivity contribution in [3.63, 3.8) is 0 Å². The first-order valence-electron chi connectivity index (χ1n) is 9.24. The fourth-order valence-electron chi connectivity index (χ4n) is 3.68. The highest BCUT2D eigenvalue weighted by Gasteiger charge is 2.42. The van der Waals surface area contributed by atoms with Crippen molar-refractivity contribution in [2.24, 2.45) is 0 Å². The lowest BCUT2D eigenvalue weighted by Crippen LogP contribution is -2.12. The fourth-order valence-corrected chi connectivity index (χ4v) is 3.68. The number of nitrogens with zero attached hydrogens (tertiary/aromatic N) is 3. The van der Waals surface area contributed by atoms with E-state index in [2.05, 4.69) is 53.2 Å². The Morgan fingerprint density at radius 3 is 2.58 bits per heavy atom. The van der Waals surface area contributed by atoms with Gasteiger partial charge in [0.25, 0.3) is 5.56 Å². The molecule has 1 aromatic carbocycles. The molecule has 1 aliphatic carbocycles. The molecule has 0 spiro atoms. The molecule has 5 heteroatoms. The van der Waals surface area contributed by atoms with Crippen LogP contribution in [0.15, 0.2) is 47.5 Å². The monoisotopic (exact) mass is 348 g/mol. The van der Waals surface area contributed by atoms with Gasteiger partial charge in [-0.2, -0.15) is 5.10 Å². The van der Waals surface area contributed by atoms with Crippen LogP contribution >= 0.6 is 0 Å². The summed E-state index contributed by atoms with van der Waals surface area (Å²) in [6.07, 6.45) is 7.65. The first-order valence-corrected chi connectivity index (χ1v) is 9.24. The Bertz CT molecular complexity index is 980. The minimum atomic E-state index is -0.168. The van der Waals surface area contributed by atoms with Crippen molar-refractivity contribution in [2.75, 3.05) is 0 Å². The molecule has 2 aromatic heterocycles. The van der Waals surface area contributed by atoms with Crippen molar-refractivity contribution < 1.29 is 0 Å². The second-order valence-corrected chi connectivity index (χ2v) is 7.38. The molecule has 1 aliphatic rings. The number of rotatable bonds is 5. The molecule has 0 amide bonds. The van der Waals surface area contributed by atoms with Crippen LogP contribution in [-0.4, -0.2) is 19.7 Å². The van der Waals surface area contributed by atoms with Crippen LogP contribution in [0.1, 0.15) is 61.5 Å². The first-order chi connectivity index (χ1) is 12.5. The van der Waals surface area contributed by atoms with E-state index in [9.17, 15) is 4.79 Å². The molecule has 3 aromatic rings. The lowest BCUT2D eigenvalue weighted by molar-refractivity contribution is 0.663. The van der Waals surface area contributed by atoms with Gasteiger partial charge in [-0.1, -0.05) is 38.1 Å². The SMILES string of the molecule is CCC1(c2ccc(C(C)c3cnn(-c4cc(=O)[nH]c(C)n4)c3)cc2)CC1. The number of aromatic nitrogens is 4. The maximum Gasteiger partial charge on any atom is 0.253 e. The van der Waals surface area contributed by atoms with Crippen molar-refractivity contribution in [1.82, 2.24) is 19.7 Å². The van der Waals surface area contributed by atoms with E-state index in [1.165, 1.54) is 36.5 Å². The zero-order chi connectivity index (χ0) is 18.3. The lowest BCUT2D eigenvalue weighted by Gasteiger charge is -2.15. The Morgan fingerprint density at radius 2 is 1.96 bits per heavy atom. The highest BCUT2D eigenvalue weighted by Crippen LogP contribution is 2.50. The molecular weight excluding hydrogens is 324 g/mol.